The molecule has 0 radical (unpaired) electrons. The molecule has 0 bridgehead atoms. The van der Waals surface area contributed by atoms with Gasteiger partial charge < -0.3 is 15.2 Å². The third kappa shape index (κ3) is 4.05. The van der Waals surface area contributed by atoms with Crippen LogP contribution in [0.15, 0.2) is 67.0 Å². The van der Waals surface area contributed by atoms with Gasteiger partial charge in [0.2, 0.25) is 5.91 Å². The molecule has 0 saturated carbocycles. The monoisotopic (exact) mass is 390 g/mol. The number of carbonyl (C=O) groups excluding carboxylic acids is 3. The van der Waals surface area contributed by atoms with Crippen LogP contribution in [0.4, 0.5) is 5.69 Å². The van der Waals surface area contributed by atoms with E-state index < -0.39 is 0 Å². The first-order chi connectivity index (χ1) is 14.0. The summed E-state index contributed by atoms with van der Waals surface area (Å²) in [6.45, 7) is 1.43. The van der Waals surface area contributed by atoms with Crippen molar-refractivity contribution in [3.63, 3.8) is 0 Å². The number of hydrogen-bond donors (Lipinski definition) is 2. The molecule has 2 aromatic carbocycles. The number of nitrogens with one attached hydrogen (secondary N) is 2. The van der Waals surface area contributed by atoms with Gasteiger partial charge in [-0.05, 0) is 43.2 Å². The summed E-state index contributed by atoms with van der Waals surface area (Å²) < 4.78 is 0. The molecule has 1 saturated heterocycles. The Labute approximate surface area is 169 Å². The molecule has 0 aromatic heterocycles. The number of anilines is 1. The number of hydrazine groups is 1. The number of Topliss-reactive ketones (excluding diaryl/α,β-unsaturated/α-hetero) is 1. The Morgan fingerprint density at radius 3 is 2.48 bits per heavy atom. The van der Waals surface area contributed by atoms with Crippen LogP contribution in [0.1, 0.15) is 35.3 Å². The van der Waals surface area contributed by atoms with Crippen LogP contribution in [0.5, 0.6) is 0 Å². The van der Waals surface area contributed by atoms with E-state index in [0.29, 0.717) is 17.7 Å². The van der Waals surface area contributed by atoms with E-state index in [1.54, 1.807) is 36.7 Å². The van der Waals surface area contributed by atoms with Crippen molar-refractivity contribution < 1.29 is 14.4 Å². The highest BCUT2D eigenvalue weighted by atomic mass is 16.2. The van der Waals surface area contributed by atoms with E-state index in [0.717, 1.165) is 5.56 Å². The van der Waals surface area contributed by atoms with Crippen molar-refractivity contribution >= 4 is 23.3 Å². The van der Waals surface area contributed by atoms with Crippen LogP contribution >= 0.6 is 0 Å². The van der Waals surface area contributed by atoms with E-state index in [4.69, 9.17) is 0 Å². The van der Waals surface area contributed by atoms with Crippen molar-refractivity contribution in [2.75, 3.05) is 11.9 Å². The molecule has 2 aromatic rings. The standard InChI is InChI=1S/C22H22N4O3/c1-15(27)16-7-9-18(10-8-16)23-21(28)14-25-11-12-26-20(22(25)29)13-19(24-26)17-5-3-2-4-6-17/h2-12,19-20,24H,13-14H2,1H3,(H,23,28). The molecule has 148 valence electrons. The summed E-state index contributed by atoms with van der Waals surface area (Å²) in [5, 5.41) is 4.58. The SMILES string of the molecule is CC(=O)c1ccc(NC(=O)CN2C=CN3NC(c4ccccc4)CC3C2=O)cc1. The van der Waals surface area contributed by atoms with E-state index >= 15 is 0 Å². The highest BCUT2D eigenvalue weighted by Crippen LogP contribution is 2.30. The molecule has 7 heteroatoms. The molecule has 2 amide bonds. The first-order valence-electron chi connectivity index (χ1n) is 9.50. The molecular weight excluding hydrogens is 368 g/mol. The molecule has 2 atom stereocenters. The van der Waals surface area contributed by atoms with Gasteiger partial charge in [-0.2, -0.15) is 0 Å². The summed E-state index contributed by atoms with van der Waals surface area (Å²) in [6.07, 6.45) is 4.05. The van der Waals surface area contributed by atoms with E-state index in [1.165, 1.54) is 11.8 Å². The number of fused-ring (bicyclic) bond motifs is 1. The van der Waals surface area contributed by atoms with Gasteiger partial charge in [-0.15, -0.1) is 0 Å². The summed E-state index contributed by atoms with van der Waals surface area (Å²) in [5.74, 6) is -0.437. The van der Waals surface area contributed by atoms with Crippen molar-refractivity contribution in [2.45, 2.75) is 25.4 Å². The quantitative estimate of drug-likeness (QED) is 0.767. The predicted octanol–water partition coefficient (Wildman–Crippen LogP) is 2.46. The Morgan fingerprint density at radius 1 is 1.07 bits per heavy atom. The van der Waals surface area contributed by atoms with Crippen LogP contribution in [0.3, 0.4) is 0 Å². The van der Waals surface area contributed by atoms with Gasteiger partial charge in [0.15, 0.2) is 5.78 Å². The Hall–Kier alpha value is -3.45. The molecule has 0 aliphatic carbocycles. The fraction of sp³-hybridized carbons (Fsp3) is 0.227. The van der Waals surface area contributed by atoms with Crippen molar-refractivity contribution in [3.8, 4) is 0 Å². The summed E-state index contributed by atoms with van der Waals surface area (Å²) in [4.78, 5) is 38.0. The number of nitrogens with zero attached hydrogens (tertiary/aromatic N) is 2. The van der Waals surface area contributed by atoms with E-state index in [9.17, 15) is 14.4 Å². The first-order valence-corrected chi connectivity index (χ1v) is 9.50. The van der Waals surface area contributed by atoms with E-state index in [-0.39, 0.29) is 36.2 Å². The number of rotatable bonds is 5. The van der Waals surface area contributed by atoms with Crippen molar-refractivity contribution in [1.82, 2.24) is 15.3 Å². The Balaban J connectivity index is 1.37. The molecule has 7 nitrogen and oxygen atoms in total. The highest BCUT2D eigenvalue weighted by molar-refractivity contribution is 5.97. The zero-order valence-electron chi connectivity index (χ0n) is 16.0. The topological polar surface area (TPSA) is 81.8 Å². The number of hydrogen-bond acceptors (Lipinski definition) is 5. The summed E-state index contributed by atoms with van der Waals surface area (Å²) >= 11 is 0. The third-order valence-electron chi connectivity index (χ3n) is 5.17. The maximum Gasteiger partial charge on any atom is 0.251 e. The average Bonchev–Trinajstić information content (AvgIpc) is 3.16. The van der Waals surface area contributed by atoms with Crippen LogP contribution in [0.2, 0.25) is 0 Å². The molecule has 1 fully saturated rings. The van der Waals surface area contributed by atoms with Gasteiger partial charge in [0.1, 0.15) is 12.6 Å². The van der Waals surface area contributed by atoms with Crippen LogP contribution in [-0.2, 0) is 9.59 Å². The summed E-state index contributed by atoms with van der Waals surface area (Å²) in [5.41, 5.74) is 5.63. The number of amides is 2. The summed E-state index contributed by atoms with van der Waals surface area (Å²) in [7, 11) is 0. The smallest absolute Gasteiger partial charge is 0.251 e. The van der Waals surface area contributed by atoms with Crippen molar-refractivity contribution in [2.24, 2.45) is 0 Å². The summed E-state index contributed by atoms with van der Waals surface area (Å²) in [6, 6.07) is 16.4. The third-order valence-corrected chi connectivity index (χ3v) is 5.17. The minimum absolute atomic E-state index is 0.0320. The number of benzene rings is 2. The molecule has 2 aliphatic rings. The molecule has 2 unspecified atom stereocenters. The van der Waals surface area contributed by atoms with Crippen LogP contribution in [0, 0.1) is 0 Å². The molecule has 2 heterocycles. The second-order valence-corrected chi connectivity index (χ2v) is 7.20. The van der Waals surface area contributed by atoms with E-state index in [2.05, 4.69) is 10.7 Å². The van der Waals surface area contributed by atoms with Crippen LogP contribution in [-0.4, -0.2) is 40.1 Å². The Bertz CT molecular complexity index is 956. The lowest BCUT2D eigenvalue weighted by atomic mass is 10.0. The van der Waals surface area contributed by atoms with Gasteiger partial charge >= 0.3 is 0 Å². The average molecular weight is 390 g/mol. The minimum Gasteiger partial charge on any atom is -0.325 e. The lowest BCUT2D eigenvalue weighted by molar-refractivity contribution is -0.137. The molecular formula is C22H22N4O3. The first kappa shape index (κ1) is 18.9. The van der Waals surface area contributed by atoms with Gasteiger partial charge in [0.25, 0.3) is 5.91 Å². The minimum atomic E-state index is -0.340. The lowest BCUT2D eigenvalue weighted by Crippen LogP contribution is -2.49. The number of ketones is 1. The van der Waals surface area contributed by atoms with Crippen molar-refractivity contribution in [3.05, 3.63) is 78.1 Å². The predicted molar refractivity (Wildman–Crippen MR) is 108 cm³/mol. The van der Waals surface area contributed by atoms with Crippen molar-refractivity contribution in [1.29, 1.82) is 0 Å². The highest BCUT2D eigenvalue weighted by Gasteiger charge is 2.40. The van der Waals surface area contributed by atoms with Crippen LogP contribution < -0.4 is 10.7 Å². The molecule has 29 heavy (non-hydrogen) atoms. The van der Waals surface area contributed by atoms with Gasteiger partial charge in [0, 0.05) is 23.7 Å². The normalized spacial score (nSPS) is 20.5. The van der Waals surface area contributed by atoms with Gasteiger partial charge in [0.05, 0.1) is 6.04 Å². The maximum absolute atomic E-state index is 12.9. The van der Waals surface area contributed by atoms with Gasteiger partial charge in [-0.25, -0.2) is 5.43 Å². The fourth-order valence-corrected chi connectivity index (χ4v) is 3.61. The van der Waals surface area contributed by atoms with Gasteiger partial charge in [-0.1, -0.05) is 30.3 Å². The van der Waals surface area contributed by atoms with E-state index in [1.807, 2.05) is 35.3 Å². The lowest BCUT2D eigenvalue weighted by Gasteiger charge is -2.31. The molecule has 2 aliphatic heterocycles. The second kappa shape index (κ2) is 7.89. The maximum atomic E-state index is 12.9. The molecule has 4 rings (SSSR count). The second-order valence-electron chi connectivity index (χ2n) is 7.20. The Morgan fingerprint density at radius 2 is 1.79 bits per heavy atom. The largest absolute Gasteiger partial charge is 0.325 e. The Kier molecular flexibility index (Phi) is 5.14. The fourth-order valence-electron chi connectivity index (χ4n) is 3.61. The zero-order valence-corrected chi connectivity index (χ0v) is 16.0. The number of carbonyl (C=O) groups is 3. The zero-order chi connectivity index (χ0) is 20.4. The van der Waals surface area contributed by atoms with Gasteiger partial charge in [-0.3, -0.25) is 14.4 Å². The molecule has 0 spiro atoms. The molecule has 2 N–H and O–H groups in total. The van der Waals surface area contributed by atoms with Crippen LogP contribution in [0.25, 0.3) is 0 Å².